The summed E-state index contributed by atoms with van der Waals surface area (Å²) in [6, 6.07) is 0. The lowest BCUT2D eigenvalue weighted by atomic mass is 11.9. The number of rotatable bonds is 2. The van der Waals surface area contributed by atoms with Gasteiger partial charge < -0.3 is 9.79 Å². The molecule has 0 aliphatic rings. The van der Waals surface area contributed by atoms with Crippen LogP contribution in [0.25, 0.3) is 0 Å². The van der Waals surface area contributed by atoms with E-state index in [-0.39, 0.29) is 0 Å². The van der Waals surface area contributed by atoms with Crippen LogP contribution in [0.5, 0.6) is 0 Å². The molecule has 3 nitrogen and oxygen atoms in total. The molecule has 0 amide bonds. The Labute approximate surface area is 49.6 Å². The second-order valence-electron chi connectivity index (χ2n) is 1.37. The van der Waals surface area contributed by atoms with Gasteiger partial charge in [-0.1, -0.05) is 0 Å². The lowest BCUT2D eigenvalue weighted by Gasteiger charge is -1.98. The third kappa shape index (κ3) is 6.35. The molecule has 0 aromatic rings. The van der Waals surface area contributed by atoms with Gasteiger partial charge in [0.05, 0.1) is 0 Å². The van der Waals surface area contributed by atoms with E-state index in [1.54, 1.807) is 6.66 Å². The highest BCUT2D eigenvalue weighted by Crippen LogP contribution is 2.44. The molecule has 0 saturated heterocycles. The molecular weight excluding hydrogens is 146 g/mol. The largest absolute Gasteiger partial charge is 0.331 e. The molecule has 5 heteroatoms. The zero-order valence-corrected chi connectivity index (χ0v) is 6.40. The fourth-order valence-corrected chi connectivity index (χ4v) is 2.01. The Kier molecular flexibility index (Phi) is 2.89. The molecule has 2 N–H and O–H groups in total. The first kappa shape index (κ1) is 8.35. The normalized spacial score (nSPS) is 13.6. The monoisotopic (exact) mass is 155 g/mol. The highest BCUT2D eigenvalue weighted by atomic mass is 31.2. The van der Waals surface area contributed by atoms with Crippen molar-refractivity contribution in [3.63, 3.8) is 0 Å². The van der Waals surface area contributed by atoms with Crippen molar-refractivity contribution >= 4 is 27.9 Å². The zero-order chi connectivity index (χ0) is 6.78. The van der Waals surface area contributed by atoms with Crippen molar-refractivity contribution in [2.45, 2.75) is 0 Å². The van der Waals surface area contributed by atoms with Crippen LogP contribution >= 0.6 is 15.3 Å². The minimum absolute atomic E-state index is 0.952. The summed E-state index contributed by atoms with van der Waals surface area (Å²) in [6.45, 7) is 1.67. The van der Waals surface area contributed by atoms with Crippen molar-refractivity contribution < 1.29 is 14.1 Å². The molecule has 0 aliphatic heterocycles. The Bertz CT molecular complexity index is 135. The van der Waals surface area contributed by atoms with E-state index < -0.39 is 15.3 Å². The Hall–Kier alpha value is 0.350. The second kappa shape index (κ2) is 2.77. The molecule has 0 aromatic carbocycles. The van der Waals surface area contributed by atoms with Crippen LogP contribution in [-0.2, 0) is 4.31 Å². The molecule has 1 atom stereocenters. The predicted octanol–water partition coefficient (Wildman–Crippen LogP) is 0.641. The van der Waals surface area contributed by atoms with E-state index in [2.05, 4.69) is 16.9 Å². The van der Waals surface area contributed by atoms with E-state index in [0.717, 1.165) is 0 Å². The third-order valence-electron chi connectivity index (χ3n) is 0.270. The molecule has 48 valence electrons. The van der Waals surface area contributed by atoms with Crippen molar-refractivity contribution in [2.75, 3.05) is 6.66 Å². The van der Waals surface area contributed by atoms with E-state index in [9.17, 15) is 0 Å². The van der Waals surface area contributed by atoms with Crippen LogP contribution in [0.2, 0.25) is 0 Å². The average molecular weight is 155 g/mol. The van der Waals surface area contributed by atoms with Gasteiger partial charge in [-0.3, -0.25) is 0 Å². The summed E-state index contributed by atoms with van der Waals surface area (Å²) in [7, 11) is -4.21. The summed E-state index contributed by atoms with van der Waals surface area (Å²) in [5.41, 5.74) is 0. The van der Waals surface area contributed by atoms with Crippen molar-refractivity contribution in [2.24, 2.45) is 0 Å². The summed E-state index contributed by atoms with van der Waals surface area (Å²) in [6.07, 6.45) is 6.42. The van der Waals surface area contributed by atoms with E-state index in [1.807, 2.05) is 0 Å². The number of hydrogen-bond acceptors (Lipinski definition) is 3. The summed E-state index contributed by atoms with van der Waals surface area (Å²) in [4.78, 5) is 17.0. The topological polar surface area (TPSA) is 49.7 Å². The highest BCUT2D eigenvalue weighted by molar-refractivity contribution is 7.67. The molecule has 0 aliphatic carbocycles. The predicted molar refractivity (Wildman–Crippen MR) is 39.5 cm³/mol. The average Bonchev–Trinajstić information content (AvgIpc) is 1.21. The van der Waals surface area contributed by atoms with Crippen LogP contribution in [0, 0.1) is 0 Å². The van der Waals surface area contributed by atoms with Crippen LogP contribution < -0.4 is 0 Å². The molecule has 0 spiro atoms. The molecular formula is C3H9O3P2+. The maximum Gasteiger partial charge on any atom is 0.294 e. The van der Waals surface area contributed by atoms with Gasteiger partial charge in [-0.05, 0) is 6.30 Å². The van der Waals surface area contributed by atoms with Gasteiger partial charge in [-0.15, -0.1) is 4.31 Å². The minimum atomic E-state index is -3.26. The van der Waals surface area contributed by atoms with Crippen LogP contribution in [0.3, 0.4) is 0 Å². The van der Waals surface area contributed by atoms with Crippen LogP contribution in [0.15, 0.2) is 0 Å². The Morgan fingerprint density at radius 3 is 2.00 bits per heavy atom. The van der Waals surface area contributed by atoms with Gasteiger partial charge in [0.1, 0.15) is 13.0 Å². The molecule has 0 rings (SSSR count). The van der Waals surface area contributed by atoms with E-state index in [1.165, 1.54) is 0 Å². The van der Waals surface area contributed by atoms with Crippen LogP contribution in [0.4, 0.5) is 0 Å². The molecule has 8 heavy (non-hydrogen) atoms. The number of hydrogen-bond donors (Lipinski definition) is 2. The summed E-state index contributed by atoms with van der Waals surface area (Å²) >= 11 is 0. The quantitative estimate of drug-likeness (QED) is 0.575. The maximum atomic E-state index is 8.50. The summed E-state index contributed by atoms with van der Waals surface area (Å²) < 4.78 is 4.50. The SMILES string of the molecule is C=[P+](C)OP(=C)(O)O. The fraction of sp³-hybridized carbons (Fsp3) is 0.333. The molecule has 0 bridgehead atoms. The minimum Gasteiger partial charge on any atom is -0.331 e. The van der Waals surface area contributed by atoms with Gasteiger partial charge in [0.2, 0.25) is 0 Å². The van der Waals surface area contributed by atoms with Crippen molar-refractivity contribution in [1.82, 2.24) is 0 Å². The Morgan fingerprint density at radius 2 is 2.00 bits per heavy atom. The molecule has 0 radical (unpaired) electrons. The standard InChI is InChI=1S/C3H9O3P2/c1-7(2)6-8(3,4)5/h4-5H,1,3H2,2H3/q+1. The smallest absolute Gasteiger partial charge is 0.294 e. The molecule has 0 aromatic heterocycles. The van der Waals surface area contributed by atoms with E-state index >= 15 is 0 Å². The zero-order valence-electron chi connectivity index (χ0n) is 4.61. The van der Waals surface area contributed by atoms with E-state index in [0.29, 0.717) is 0 Å². The van der Waals surface area contributed by atoms with Crippen molar-refractivity contribution in [3.05, 3.63) is 0 Å². The first-order chi connectivity index (χ1) is 3.42. The van der Waals surface area contributed by atoms with Gasteiger partial charge >= 0.3 is 0 Å². The van der Waals surface area contributed by atoms with Gasteiger partial charge in [-0.25, -0.2) is 0 Å². The van der Waals surface area contributed by atoms with Crippen LogP contribution in [-0.4, -0.2) is 29.1 Å². The van der Waals surface area contributed by atoms with Gasteiger partial charge in [0.25, 0.3) is 15.3 Å². The molecule has 0 fully saturated rings. The van der Waals surface area contributed by atoms with Gasteiger partial charge in [-0.2, -0.15) is 0 Å². The van der Waals surface area contributed by atoms with Crippen molar-refractivity contribution in [1.29, 1.82) is 0 Å². The van der Waals surface area contributed by atoms with Gasteiger partial charge in [0, 0.05) is 0 Å². The summed E-state index contributed by atoms with van der Waals surface area (Å²) in [5, 5.41) is 0. The molecule has 0 heterocycles. The van der Waals surface area contributed by atoms with Crippen LogP contribution in [0.1, 0.15) is 0 Å². The van der Waals surface area contributed by atoms with Crippen molar-refractivity contribution in [3.8, 4) is 0 Å². The highest BCUT2D eigenvalue weighted by Gasteiger charge is 2.11. The summed E-state index contributed by atoms with van der Waals surface area (Å²) in [5.74, 6) is 0. The maximum absolute atomic E-state index is 8.50. The second-order valence-corrected chi connectivity index (χ2v) is 4.61. The third-order valence-corrected chi connectivity index (χ3v) is 2.43. The molecule has 1 unspecified atom stereocenters. The Balaban J connectivity index is 3.74. The molecule has 0 saturated carbocycles. The van der Waals surface area contributed by atoms with Gasteiger partial charge in [0.15, 0.2) is 0 Å². The Morgan fingerprint density at radius 1 is 1.62 bits per heavy atom. The lowest BCUT2D eigenvalue weighted by Crippen LogP contribution is -1.76. The first-order valence-electron chi connectivity index (χ1n) is 1.84. The first-order valence-corrected chi connectivity index (χ1v) is 5.53. The van der Waals surface area contributed by atoms with E-state index in [4.69, 9.17) is 9.79 Å². The lowest BCUT2D eigenvalue weighted by molar-refractivity contribution is 0.387. The fourth-order valence-electron chi connectivity index (χ4n) is 0.223.